The average molecular weight is 509 g/mol. The smallest absolute Gasteiger partial charge is 0.267 e. The van der Waals surface area contributed by atoms with Gasteiger partial charge in [-0.1, -0.05) is 60.4 Å². The summed E-state index contributed by atoms with van der Waals surface area (Å²) in [5.74, 6) is 0.266. The molecule has 35 heavy (non-hydrogen) atoms. The van der Waals surface area contributed by atoms with E-state index in [1.165, 1.54) is 16.2 Å². The highest BCUT2D eigenvalue weighted by Gasteiger charge is 2.32. The minimum absolute atomic E-state index is 0.188. The number of nitrogens with one attached hydrogen (secondary N) is 1. The van der Waals surface area contributed by atoms with Crippen molar-refractivity contribution in [1.29, 1.82) is 0 Å². The van der Waals surface area contributed by atoms with E-state index in [2.05, 4.69) is 5.32 Å². The first-order valence-corrected chi connectivity index (χ1v) is 12.8. The molecule has 2 aromatic heterocycles. The van der Waals surface area contributed by atoms with Gasteiger partial charge < -0.3 is 10.1 Å². The van der Waals surface area contributed by atoms with Gasteiger partial charge in [-0.2, -0.15) is 0 Å². The van der Waals surface area contributed by atoms with Crippen molar-refractivity contribution in [3.8, 4) is 0 Å². The monoisotopic (exact) mass is 508 g/mol. The second-order valence-electron chi connectivity index (χ2n) is 8.11. The Kier molecular flexibility index (Phi) is 8.33. The number of carbonyl (C=O) groups excluding carboxylic acids is 1. The number of aromatic nitrogens is 2. The Morgan fingerprint density at radius 3 is 2.74 bits per heavy atom. The van der Waals surface area contributed by atoms with E-state index in [4.69, 9.17) is 21.9 Å². The van der Waals surface area contributed by atoms with Crippen LogP contribution >= 0.6 is 24.0 Å². The van der Waals surface area contributed by atoms with Crippen LogP contribution in [0.2, 0.25) is 0 Å². The summed E-state index contributed by atoms with van der Waals surface area (Å²) < 4.78 is 7.42. The van der Waals surface area contributed by atoms with Gasteiger partial charge in [0.1, 0.15) is 15.8 Å². The molecule has 0 unspecified atom stereocenters. The maximum Gasteiger partial charge on any atom is 0.267 e. The van der Waals surface area contributed by atoms with Gasteiger partial charge in [-0.25, -0.2) is 4.98 Å². The molecule has 0 bridgehead atoms. The zero-order valence-electron chi connectivity index (χ0n) is 19.8. The fraction of sp³-hybridized carbons (Fsp3) is 0.308. The van der Waals surface area contributed by atoms with E-state index in [9.17, 15) is 9.59 Å². The number of pyridine rings is 1. The molecular formula is C26H28N4O3S2. The number of carbonyl (C=O) groups is 1. The van der Waals surface area contributed by atoms with Crippen LogP contribution in [0.5, 0.6) is 0 Å². The fourth-order valence-corrected chi connectivity index (χ4v) is 5.10. The van der Waals surface area contributed by atoms with Crippen molar-refractivity contribution in [2.75, 3.05) is 31.6 Å². The van der Waals surface area contributed by atoms with Crippen LogP contribution in [-0.2, 0) is 16.0 Å². The summed E-state index contributed by atoms with van der Waals surface area (Å²) in [5.41, 5.74) is 2.71. The third-order valence-electron chi connectivity index (χ3n) is 5.66. The molecule has 0 aliphatic carbocycles. The summed E-state index contributed by atoms with van der Waals surface area (Å²) in [7, 11) is 0. The molecule has 1 fully saturated rings. The van der Waals surface area contributed by atoms with Gasteiger partial charge in [0, 0.05) is 32.5 Å². The average Bonchev–Trinajstić information content (AvgIpc) is 3.13. The number of benzene rings is 1. The Morgan fingerprint density at radius 1 is 1.17 bits per heavy atom. The third kappa shape index (κ3) is 5.80. The number of fused-ring (bicyclic) bond motifs is 1. The molecule has 0 spiro atoms. The van der Waals surface area contributed by atoms with E-state index < -0.39 is 0 Å². The number of thioether (sulfide) groups is 1. The van der Waals surface area contributed by atoms with Gasteiger partial charge in [0.05, 0.1) is 10.5 Å². The minimum Gasteiger partial charge on any atom is -0.382 e. The van der Waals surface area contributed by atoms with E-state index >= 15 is 0 Å². The fourth-order valence-electron chi connectivity index (χ4n) is 3.81. The first-order chi connectivity index (χ1) is 17.0. The van der Waals surface area contributed by atoms with Crippen molar-refractivity contribution in [2.45, 2.75) is 26.7 Å². The summed E-state index contributed by atoms with van der Waals surface area (Å²) in [6, 6.07) is 13.7. The molecule has 1 amide bonds. The van der Waals surface area contributed by atoms with Gasteiger partial charge in [-0.15, -0.1) is 0 Å². The van der Waals surface area contributed by atoms with Crippen LogP contribution in [0.1, 0.15) is 30.0 Å². The molecule has 3 heterocycles. The molecule has 0 saturated carbocycles. The van der Waals surface area contributed by atoms with Crippen molar-refractivity contribution < 1.29 is 9.53 Å². The number of rotatable bonds is 10. The molecule has 9 heteroatoms. The SMILES string of the molecule is CCOCCCNc1nc2c(C)cccn2c(=O)c1/C=C1\SC(=S)N(CCc2ccccc2)C1=O. The molecule has 4 rings (SSSR count). The van der Waals surface area contributed by atoms with Crippen molar-refractivity contribution >= 4 is 51.7 Å². The quantitative estimate of drug-likeness (QED) is 0.249. The molecular weight excluding hydrogens is 480 g/mol. The number of aryl methyl sites for hydroxylation is 1. The lowest BCUT2D eigenvalue weighted by molar-refractivity contribution is -0.122. The van der Waals surface area contributed by atoms with Crippen LogP contribution in [0, 0.1) is 6.92 Å². The molecule has 1 aromatic carbocycles. The lowest BCUT2D eigenvalue weighted by atomic mass is 10.1. The first kappa shape index (κ1) is 25.1. The maximum atomic E-state index is 13.5. The Hall–Kier alpha value is -3.01. The van der Waals surface area contributed by atoms with Gasteiger partial charge in [0.15, 0.2) is 0 Å². The van der Waals surface area contributed by atoms with Crippen LogP contribution in [0.15, 0.2) is 58.4 Å². The molecule has 1 N–H and O–H groups in total. The predicted octanol–water partition coefficient (Wildman–Crippen LogP) is 4.29. The number of ether oxygens (including phenoxy) is 1. The van der Waals surface area contributed by atoms with E-state index in [1.807, 2.05) is 56.3 Å². The Bertz CT molecular complexity index is 1320. The highest BCUT2D eigenvalue weighted by Crippen LogP contribution is 2.33. The number of hydrogen-bond donors (Lipinski definition) is 1. The van der Waals surface area contributed by atoms with Crippen molar-refractivity contribution in [2.24, 2.45) is 0 Å². The van der Waals surface area contributed by atoms with Crippen LogP contribution in [0.3, 0.4) is 0 Å². The summed E-state index contributed by atoms with van der Waals surface area (Å²) in [4.78, 5) is 33.4. The number of hydrogen-bond acceptors (Lipinski definition) is 7. The largest absolute Gasteiger partial charge is 0.382 e. The first-order valence-electron chi connectivity index (χ1n) is 11.6. The van der Waals surface area contributed by atoms with Crippen molar-refractivity contribution in [3.63, 3.8) is 0 Å². The Labute approximate surface area is 214 Å². The molecule has 1 aliphatic heterocycles. The van der Waals surface area contributed by atoms with Gasteiger partial charge in [0.2, 0.25) is 0 Å². The third-order valence-corrected chi connectivity index (χ3v) is 7.04. The molecule has 182 valence electrons. The second kappa shape index (κ2) is 11.6. The number of amides is 1. The van der Waals surface area contributed by atoms with Crippen LogP contribution in [-0.4, -0.2) is 50.8 Å². The zero-order chi connectivity index (χ0) is 24.8. The summed E-state index contributed by atoms with van der Waals surface area (Å²) in [6.45, 7) is 6.22. The summed E-state index contributed by atoms with van der Waals surface area (Å²) >= 11 is 6.71. The van der Waals surface area contributed by atoms with Gasteiger partial charge in [-0.05, 0) is 50.0 Å². The number of anilines is 1. The number of thiocarbonyl (C=S) groups is 1. The topological polar surface area (TPSA) is 75.9 Å². The highest BCUT2D eigenvalue weighted by atomic mass is 32.2. The standard InChI is InChI=1S/C26H28N4O3S2/c1-3-33-16-8-13-27-22-20(24(31)29-14-7-9-18(2)23(29)28-22)17-21-25(32)30(26(34)35-21)15-12-19-10-5-4-6-11-19/h4-7,9-11,14,17,27H,3,8,12-13,15-16H2,1-2H3/b21-17-. The molecule has 1 aliphatic rings. The Morgan fingerprint density at radius 2 is 1.97 bits per heavy atom. The highest BCUT2D eigenvalue weighted by molar-refractivity contribution is 8.26. The predicted molar refractivity (Wildman–Crippen MR) is 146 cm³/mol. The molecule has 7 nitrogen and oxygen atoms in total. The summed E-state index contributed by atoms with van der Waals surface area (Å²) in [5, 5.41) is 3.27. The Balaban J connectivity index is 1.63. The van der Waals surface area contributed by atoms with Crippen LogP contribution in [0.4, 0.5) is 5.82 Å². The van der Waals surface area contributed by atoms with E-state index in [1.54, 1.807) is 17.2 Å². The maximum absolute atomic E-state index is 13.5. The van der Waals surface area contributed by atoms with Crippen LogP contribution < -0.4 is 10.9 Å². The lowest BCUT2D eigenvalue weighted by Crippen LogP contribution is -2.30. The van der Waals surface area contributed by atoms with E-state index in [0.29, 0.717) is 59.0 Å². The molecule has 3 aromatic rings. The zero-order valence-corrected chi connectivity index (χ0v) is 21.5. The molecule has 0 atom stereocenters. The minimum atomic E-state index is -0.236. The second-order valence-corrected chi connectivity index (χ2v) is 9.79. The van der Waals surface area contributed by atoms with Gasteiger partial charge in [-0.3, -0.25) is 18.9 Å². The molecule has 0 radical (unpaired) electrons. The van der Waals surface area contributed by atoms with Gasteiger partial charge >= 0.3 is 0 Å². The number of nitrogens with zero attached hydrogens (tertiary/aromatic N) is 3. The van der Waals surface area contributed by atoms with Crippen molar-refractivity contribution in [3.05, 3.63) is 80.6 Å². The van der Waals surface area contributed by atoms with Crippen LogP contribution in [0.25, 0.3) is 11.7 Å². The van der Waals surface area contributed by atoms with Crippen molar-refractivity contribution in [1.82, 2.24) is 14.3 Å². The van der Waals surface area contributed by atoms with Gasteiger partial charge in [0.25, 0.3) is 11.5 Å². The van der Waals surface area contributed by atoms with E-state index in [-0.39, 0.29) is 11.5 Å². The normalized spacial score (nSPS) is 14.9. The van der Waals surface area contributed by atoms with E-state index in [0.717, 1.165) is 17.5 Å². The molecule has 1 saturated heterocycles. The summed E-state index contributed by atoms with van der Waals surface area (Å²) in [6.07, 6.45) is 4.78. The lowest BCUT2D eigenvalue weighted by Gasteiger charge is -2.14.